The Labute approximate surface area is 95.3 Å². The molecule has 92 valence electrons. The number of hydrogen-bond acceptors (Lipinski definition) is 4. The lowest BCUT2D eigenvalue weighted by Crippen LogP contribution is -2.42. The molecule has 1 amide bonds. The van der Waals surface area contributed by atoms with E-state index in [-0.39, 0.29) is 13.1 Å². The standard InChI is InChI=1S/C11H19NO4/c1-11(2,3)16-10(15)12-6-8(13)4-5-9(14)7-12/h4-5,8-9,13-14H,6-7H2,1-3H3/t8-,9+. The van der Waals surface area contributed by atoms with Crippen LogP contribution < -0.4 is 0 Å². The highest BCUT2D eigenvalue weighted by molar-refractivity contribution is 5.68. The van der Waals surface area contributed by atoms with E-state index in [1.807, 2.05) is 0 Å². The molecule has 0 radical (unpaired) electrons. The van der Waals surface area contributed by atoms with E-state index >= 15 is 0 Å². The van der Waals surface area contributed by atoms with Gasteiger partial charge in [0.2, 0.25) is 0 Å². The first-order valence-electron chi connectivity index (χ1n) is 5.30. The largest absolute Gasteiger partial charge is 0.444 e. The fourth-order valence-electron chi connectivity index (χ4n) is 1.38. The first-order valence-corrected chi connectivity index (χ1v) is 5.30. The monoisotopic (exact) mass is 229 g/mol. The van der Waals surface area contributed by atoms with Gasteiger partial charge in [-0.2, -0.15) is 0 Å². The van der Waals surface area contributed by atoms with Crippen molar-refractivity contribution in [3.63, 3.8) is 0 Å². The first kappa shape index (κ1) is 13.0. The molecule has 0 fully saturated rings. The molecule has 0 aromatic heterocycles. The average Bonchev–Trinajstić information content (AvgIpc) is 2.25. The Kier molecular flexibility index (Phi) is 3.93. The van der Waals surface area contributed by atoms with Crippen molar-refractivity contribution < 1.29 is 19.7 Å². The van der Waals surface area contributed by atoms with Crippen LogP contribution in [0.15, 0.2) is 12.2 Å². The quantitative estimate of drug-likeness (QED) is 0.594. The molecule has 0 aliphatic carbocycles. The molecule has 16 heavy (non-hydrogen) atoms. The summed E-state index contributed by atoms with van der Waals surface area (Å²) >= 11 is 0. The minimum absolute atomic E-state index is 0.141. The second-order valence-electron chi connectivity index (χ2n) is 4.90. The van der Waals surface area contributed by atoms with Crippen molar-refractivity contribution in [1.29, 1.82) is 0 Å². The number of aliphatic hydroxyl groups is 2. The summed E-state index contributed by atoms with van der Waals surface area (Å²) < 4.78 is 5.17. The van der Waals surface area contributed by atoms with E-state index < -0.39 is 23.9 Å². The van der Waals surface area contributed by atoms with Gasteiger partial charge in [-0.05, 0) is 20.8 Å². The number of nitrogens with zero attached hydrogens (tertiary/aromatic N) is 1. The molecule has 0 unspecified atom stereocenters. The van der Waals surface area contributed by atoms with Crippen molar-refractivity contribution in [2.24, 2.45) is 0 Å². The molecule has 0 bridgehead atoms. The van der Waals surface area contributed by atoms with Crippen molar-refractivity contribution in [3.05, 3.63) is 12.2 Å². The number of aliphatic hydroxyl groups excluding tert-OH is 2. The topological polar surface area (TPSA) is 70.0 Å². The van der Waals surface area contributed by atoms with E-state index in [1.54, 1.807) is 20.8 Å². The summed E-state index contributed by atoms with van der Waals surface area (Å²) in [6.45, 7) is 5.60. The fraction of sp³-hybridized carbons (Fsp3) is 0.727. The van der Waals surface area contributed by atoms with Gasteiger partial charge < -0.3 is 19.8 Å². The normalized spacial score (nSPS) is 26.4. The van der Waals surface area contributed by atoms with Gasteiger partial charge in [0.1, 0.15) is 5.60 Å². The van der Waals surface area contributed by atoms with Gasteiger partial charge in [0.15, 0.2) is 0 Å². The Morgan fingerprint density at radius 3 is 2.06 bits per heavy atom. The third-order valence-electron chi connectivity index (χ3n) is 2.02. The van der Waals surface area contributed by atoms with Crippen LogP contribution in [0.4, 0.5) is 4.79 Å². The highest BCUT2D eigenvalue weighted by atomic mass is 16.6. The first-order chi connectivity index (χ1) is 7.28. The summed E-state index contributed by atoms with van der Waals surface area (Å²) in [5.41, 5.74) is -0.577. The summed E-state index contributed by atoms with van der Waals surface area (Å²) in [6, 6.07) is 0. The lowest BCUT2D eigenvalue weighted by molar-refractivity contribution is 0.0127. The Morgan fingerprint density at radius 1 is 1.25 bits per heavy atom. The van der Waals surface area contributed by atoms with Crippen LogP contribution >= 0.6 is 0 Å². The maximum absolute atomic E-state index is 11.7. The maximum atomic E-state index is 11.7. The van der Waals surface area contributed by atoms with Crippen LogP contribution in [0.25, 0.3) is 0 Å². The van der Waals surface area contributed by atoms with Crippen LogP contribution in [0, 0.1) is 0 Å². The van der Waals surface area contributed by atoms with Crippen molar-refractivity contribution in [3.8, 4) is 0 Å². The molecule has 2 atom stereocenters. The molecule has 1 aliphatic rings. The third kappa shape index (κ3) is 4.20. The zero-order chi connectivity index (χ0) is 12.3. The minimum atomic E-state index is -0.760. The molecule has 1 heterocycles. The molecule has 1 rings (SSSR count). The van der Waals surface area contributed by atoms with Gasteiger partial charge in [-0.1, -0.05) is 12.2 Å². The molecular formula is C11H19NO4. The van der Waals surface area contributed by atoms with Gasteiger partial charge >= 0.3 is 6.09 Å². The Hall–Kier alpha value is -1.07. The lowest BCUT2D eigenvalue weighted by Gasteiger charge is -2.27. The van der Waals surface area contributed by atoms with Crippen molar-refractivity contribution in [2.45, 2.75) is 38.6 Å². The fourth-order valence-corrected chi connectivity index (χ4v) is 1.38. The van der Waals surface area contributed by atoms with E-state index in [0.29, 0.717) is 0 Å². The maximum Gasteiger partial charge on any atom is 0.410 e. The Morgan fingerprint density at radius 2 is 1.69 bits per heavy atom. The molecule has 0 saturated heterocycles. The summed E-state index contributed by atoms with van der Waals surface area (Å²) in [4.78, 5) is 13.0. The van der Waals surface area contributed by atoms with Gasteiger partial charge in [-0.25, -0.2) is 4.79 Å². The number of carbonyl (C=O) groups is 1. The van der Waals surface area contributed by atoms with Crippen LogP contribution in [0.1, 0.15) is 20.8 Å². The minimum Gasteiger partial charge on any atom is -0.444 e. The highest BCUT2D eigenvalue weighted by Gasteiger charge is 2.26. The third-order valence-corrected chi connectivity index (χ3v) is 2.02. The van der Waals surface area contributed by atoms with Gasteiger partial charge in [-0.3, -0.25) is 0 Å². The molecule has 1 aliphatic heterocycles. The predicted octanol–water partition coefficient (Wildman–Crippen LogP) is 0.515. The zero-order valence-electron chi connectivity index (χ0n) is 9.88. The molecule has 0 aromatic carbocycles. The van der Waals surface area contributed by atoms with E-state index in [1.165, 1.54) is 17.1 Å². The average molecular weight is 229 g/mol. The molecule has 2 N–H and O–H groups in total. The van der Waals surface area contributed by atoms with Crippen LogP contribution in [0.5, 0.6) is 0 Å². The van der Waals surface area contributed by atoms with Crippen molar-refractivity contribution >= 4 is 6.09 Å². The second kappa shape index (κ2) is 4.84. The van der Waals surface area contributed by atoms with Crippen LogP contribution in [-0.4, -0.2) is 52.1 Å². The van der Waals surface area contributed by atoms with E-state index in [2.05, 4.69) is 0 Å². The number of hydrogen-bond donors (Lipinski definition) is 2. The Balaban J connectivity index is 2.62. The second-order valence-corrected chi connectivity index (χ2v) is 4.90. The smallest absolute Gasteiger partial charge is 0.410 e. The Bertz CT molecular complexity index is 268. The van der Waals surface area contributed by atoms with E-state index in [4.69, 9.17) is 4.74 Å². The SMILES string of the molecule is CC(C)(C)OC(=O)N1C[C@H](O)C=C[C@H](O)C1. The molecule has 5 heteroatoms. The van der Waals surface area contributed by atoms with Crippen LogP contribution in [0.2, 0.25) is 0 Å². The van der Waals surface area contributed by atoms with Gasteiger partial charge in [0, 0.05) is 0 Å². The molecule has 5 nitrogen and oxygen atoms in total. The molecule has 0 spiro atoms. The summed E-state index contributed by atoms with van der Waals surface area (Å²) in [5.74, 6) is 0. The zero-order valence-corrected chi connectivity index (χ0v) is 9.88. The summed E-state index contributed by atoms with van der Waals surface area (Å²) in [7, 11) is 0. The number of rotatable bonds is 0. The van der Waals surface area contributed by atoms with Gasteiger partial charge in [0.05, 0.1) is 25.3 Å². The van der Waals surface area contributed by atoms with Crippen molar-refractivity contribution in [1.82, 2.24) is 4.90 Å². The van der Waals surface area contributed by atoms with Gasteiger partial charge in [-0.15, -0.1) is 0 Å². The summed E-state index contributed by atoms with van der Waals surface area (Å²) in [5, 5.41) is 19.0. The van der Waals surface area contributed by atoms with Crippen molar-refractivity contribution in [2.75, 3.05) is 13.1 Å². The number of carbonyl (C=O) groups excluding carboxylic acids is 1. The van der Waals surface area contributed by atoms with Crippen LogP contribution in [-0.2, 0) is 4.74 Å². The highest BCUT2D eigenvalue weighted by Crippen LogP contribution is 2.12. The van der Waals surface area contributed by atoms with Gasteiger partial charge in [0.25, 0.3) is 0 Å². The number of ether oxygens (including phenoxy) is 1. The molecular weight excluding hydrogens is 210 g/mol. The number of amides is 1. The summed E-state index contributed by atoms with van der Waals surface area (Å²) in [6.07, 6.45) is 0.924. The predicted molar refractivity (Wildman–Crippen MR) is 59.0 cm³/mol. The molecule has 0 aromatic rings. The van der Waals surface area contributed by atoms with E-state index in [0.717, 1.165) is 0 Å². The number of β-amino-alcohol motifs (C(OH)–C–C–N with tert-alkyl or cyclic N) is 2. The molecule has 0 saturated carbocycles. The van der Waals surface area contributed by atoms with Crippen LogP contribution in [0.3, 0.4) is 0 Å². The lowest BCUT2D eigenvalue weighted by atomic mass is 10.2. The van der Waals surface area contributed by atoms with E-state index in [9.17, 15) is 15.0 Å².